The third-order valence-electron chi connectivity index (χ3n) is 7.52. The van der Waals surface area contributed by atoms with Crippen LogP contribution in [0.15, 0.2) is 60.7 Å². The molecule has 1 spiro atoms. The van der Waals surface area contributed by atoms with Gasteiger partial charge in [0.25, 0.3) is 5.91 Å². The lowest BCUT2D eigenvalue weighted by Gasteiger charge is -2.40. The van der Waals surface area contributed by atoms with Crippen LogP contribution in [-0.2, 0) is 9.59 Å². The Balaban J connectivity index is 1.19. The lowest BCUT2D eigenvalue weighted by Crippen LogP contribution is -2.50. The van der Waals surface area contributed by atoms with E-state index in [-0.39, 0.29) is 36.9 Å². The molecule has 4 amide bonds. The molecular formula is C27H32N4O3. The molecule has 2 saturated heterocycles. The molecule has 2 aromatic carbocycles. The molecule has 0 atom stereocenters. The standard InChI is InChI=1S/C27H32N4O3/c32-23(13-16-31-25(33)27(28-26(31)34)14-7-8-15-27)29-17-19-30(20-18-29)24(21-9-3-1-4-10-21)22-11-5-2-6-12-22/h1-6,9-12,24H,7-8,13-20H2,(H,28,34). The average molecular weight is 461 g/mol. The normalized spacial score (nSPS) is 20.4. The maximum absolute atomic E-state index is 12.9. The van der Waals surface area contributed by atoms with Gasteiger partial charge in [-0.25, -0.2) is 4.79 Å². The molecule has 178 valence electrons. The zero-order chi connectivity index (χ0) is 23.5. The number of urea groups is 1. The summed E-state index contributed by atoms with van der Waals surface area (Å²) in [4.78, 5) is 43.7. The molecule has 0 radical (unpaired) electrons. The highest BCUT2D eigenvalue weighted by Gasteiger charge is 2.52. The molecule has 1 N–H and O–H groups in total. The van der Waals surface area contributed by atoms with E-state index in [9.17, 15) is 14.4 Å². The zero-order valence-electron chi connectivity index (χ0n) is 19.5. The summed E-state index contributed by atoms with van der Waals surface area (Å²) in [6.07, 6.45) is 3.49. The van der Waals surface area contributed by atoms with Crippen molar-refractivity contribution in [3.63, 3.8) is 0 Å². The van der Waals surface area contributed by atoms with Gasteiger partial charge >= 0.3 is 6.03 Å². The highest BCUT2D eigenvalue weighted by Crippen LogP contribution is 2.35. The molecule has 2 heterocycles. The average Bonchev–Trinajstić information content (AvgIpc) is 3.44. The number of benzene rings is 2. The van der Waals surface area contributed by atoms with Gasteiger partial charge in [-0.15, -0.1) is 0 Å². The second-order valence-corrected chi connectivity index (χ2v) is 9.57. The van der Waals surface area contributed by atoms with Gasteiger partial charge in [0.1, 0.15) is 5.54 Å². The molecule has 7 heteroatoms. The van der Waals surface area contributed by atoms with Crippen molar-refractivity contribution in [2.24, 2.45) is 0 Å². The van der Waals surface area contributed by atoms with Crippen molar-refractivity contribution in [3.05, 3.63) is 71.8 Å². The van der Waals surface area contributed by atoms with Crippen molar-refractivity contribution in [2.45, 2.75) is 43.7 Å². The number of carbonyl (C=O) groups excluding carboxylic acids is 3. The minimum atomic E-state index is -0.713. The van der Waals surface area contributed by atoms with Gasteiger partial charge in [0.15, 0.2) is 0 Å². The minimum absolute atomic E-state index is 0.00333. The highest BCUT2D eigenvalue weighted by atomic mass is 16.2. The molecule has 0 unspecified atom stereocenters. The first-order valence-corrected chi connectivity index (χ1v) is 12.3. The zero-order valence-corrected chi connectivity index (χ0v) is 19.5. The molecule has 5 rings (SSSR count). The SMILES string of the molecule is O=C(CCN1C(=O)NC2(CCCC2)C1=O)N1CCN(C(c2ccccc2)c2ccccc2)CC1. The molecule has 3 fully saturated rings. The van der Waals surface area contributed by atoms with Crippen LogP contribution in [0.5, 0.6) is 0 Å². The molecule has 0 bridgehead atoms. The third-order valence-corrected chi connectivity index (χ3v) is 7.52. The Bertz CT molecular complexity index is 989. The summed E-state index contributed by atoms with van der Waals surface area (Å²) in [6.45, 7) is 2.97. The van der Waals surface area contributed by atoms with E-state index in [2.05, 4.69) is 58.7 Å². The van der Waals surface area contributed by atoms with Gasteiger partial charge in [0.05, 0.1) is 6.04 Å². The number of rotatable bonds is 6. The first kappa shape index (κ1) is 22.6. The summed E-state index contributed by atoms with van der Waals surface area (Å²) in [5.41, 5.74) is 1.77. The molecule has 3 aliphatic rings. The second-order valence-electron chi connectivity index (χ2n) is 9.57. The summed E-state index contributed by atoms with van der Waals surface area (Å²) in [6, 6.07) is 20.7. The quantitative estimate of drug-likeness (QED) is 0.672. The van der Waals surface area contributed by atoms with E-state index in [1.165, 1.54) is 16.0 Å². The van der Waals surface area contributed by atoms with Gasteiger partial charge in [-0.3, -0.25) is 19.4 Å². The van der Waals surface area contributed by atoms with Crippen LogP contribution in [0.2, 0.25) is 0 Å². The van der Waals surface area contributed by atoms with E-state index in [4.69, 9.17) is 0 Å². The monoisotopic (exact) mass is 460 g/mol. The number of piperazine rings is 1. The van der Waals surface area contributed by atoms with Crippen molar-refractivity contribution in [3.8, 4) is 0 Å². The van der Waals surface area contributed by atoms with E-state index in [1.54, 1.807) is 0 Å². The van der Waals surface area contributed by atoms with E-state index in [0.29, 0.717) is 25.9 Å². The van der Waals surface area contributed by atoms with Gasteiger partial charge < -0.3 is 10.2 Å². The predicted octanol–water partition coefficient (Wildman–Crippen LogP) is 3.17. The number of nitrogens with zero attached hydrogens (tertiary/aromatic N) is 3. The van der Waals surface area contributed by atoms with Crippen molar-refractivity contribution < 1.29 is 14.4 Å². The van der Waals surface area contributed by atoms with Crippen molar-refractivity contribution in [2.75, 3.05) is 32.7 Å². The first-order valence-electron chi connectivity index (χ1n) is 12.3. The lowest BCUT2D eigenvalue weighted by atomic mass is 9.96. The van der Waals surface area contributed by atoms with Crippen molar-refractivity contribution in [1.82, 2.24) is 20.0 Å². The number of amides is 4. The summed E-state index contributed by atoms with van der Waals surface area (Å²) < 4.78 is 0. The molecule has 2 aliphatic heterocycles. The van der Waals surface area contributed by atoms with Gasteiger partial charge in [-0.1, -0.05) is 73.5 Å². The van der Waals surface area contributed by atoms with Crippen molar-refractivity contribution in [1.29, 1.82) is 0 Å². The Morgan fingerprint density at radius 2 is 1.41 bits per heavy atom. The van der Waals surface area contributed by atoms with Crippen LogP contribution >= 0.6 is 0 Å². The topological polar surface area (TPSA) is 73.0 Å². The number of hydrogen-bond donors (Lipinski definition) is 1. The Labute approximate surface area is 200 Å². The molecule has 1 saturated carbocycles. The number of nitrogens with one attached hydrogen (secondary N) is 1. The molecule has 2 aromatic rings. The fraction of sp³-hybridized carbons (Fsp3) is 0.444. The maximum Gasteiger partial charge on any atom is 0.325 e. The summed E-state index contributed by atoms with van der Waals surface area (Å²) in [5.74, 6) is -0.148. The molecular weight excluding hydrogens is 428 g/mol. The number of imide groups is 1. The molecule has 34 heavy (non-hydrogen) atoms. The van der Waals surface area contributed by atoms with E-state index in [0.717, 1.165) is 25.9 Å². The second kappa shape index (κ2) is 9.58. The maximum atomic E-state index is 12.9. The Hall–Kier alpha value is -3.19. The summed E-state index contributed by atoms with van der Waals surface area (Å²) >= 11 is 0. The molecule has 0 aromatic heterocycles. The lowest BCUT2D eigenvalue weighted by molar-refractivity contribution is -0.134. The van der Waals surface area contributed by atoms with Gasteiger partial charge in [-0.05, 0) is 24.0 Å². The van der Waals surface area contributed by atoms with Crippen LogP contribution < -0.4 is 5.32 Å². The Morgan fingerprint density at radius 1 is 0.853 bits per heavy atom. The fourth-order valence-electron chi connectivity index (χ4n) is 5.68. The van der Waals surface area contributed by atoms with Crippen LogP contribution in [0.1, 0.15) is 49.3 Å². The van der Waals surface area contributed by atoms with Crippen LogP contribution in [0.4, 0.5) is 4.79 Å². The smallest absolute Gasteiger partial charge is 0.325 e. The highest BCUT2D eigenvalue weighted by molar-refractivity contribution is 6.07. The molecule has 7 nitrogen and oxygen atoms in total. The fourth-order valence-corrected chi connectivity index (χ4v) is 5.68. The summed E-state index contributed by atoms with van der Waals surface area (Å²) in [5, 5.41) is 2.89. The van der Waals surface area contributed by atoms with Gasteiger partial charge in [0.2, 0.25) is 5.91 Å². The van der Waals surface area contributed by atoms with E-state index in [1.807, 2.05) is 17.0 Å². The van der Waals surface area contributed by atoms with Crippen molar-refractivity contribution >= 4 is 17.8 Å². The van der Waals surface area contributed by atoms with E-state index >= 15 is 0 Å². The van der Waals surface area contributed by atoms with Crippen LogP contribution in [0.3, 0.4) is 0 Å². The predicted molar refractivity (Wildman–Crippen MR) is 129 cm³/mol. The summed E-state index contributed by atoms with van der Waals surface area (Å²) in [7, 11) is 0. The minimum Gasteiger partial charge on any atom is -0.340 e. The van der Waals surface area contributed by atoms with Gasteiger partial charge in [0, 0.05) is 39.1 Å². The Morgan fingerprint density at radius 3 is 1.97 bits per heavy atom. The van der Waals surface area contributed by atoms with Gasteiger partial charge in [-0.2, -0.15) is 0 Å². The van der Waals surface area contributed by atoms with E-state index < -0.39 is 5.54 Å². The largest absolute Gasteiger partial charge is 0.340 e. The Kier molecular flexibility index (Phi) is 6.37. The van der Waals surface area contributed by atoms with Crippen LogP contribution in [0.25, 0.3) is 0 Å². The molecule has 1 aliphatic carbocycles. The third kappa shape index (κ3) is 4.32. The van der Waals surface area contributed by atoms with Crippen LogP contribution in [-0.4, -0.2) is 70.8 Å². The van der Waals surface area contributed by atoms with Crippen LogP contribution in [0, 0.1) is 0 Å². The first-order chi connectivity index (χ1) is 16.6. The number of hydrogen-bond acceptors (Lipinski definition) is 4. The number of carbonyl (C=O) groups is 3.